The van der Waals surface area contributed by atoms with Gasteiger partial charge in [-0.15, -0.1) is 0 Å². The molecule has 8 heteroatoms. The number of aryl methyl sites for hydroxylation is 2. The fraction of sp³-hybridized carbons (Fsp3) is 0.165. The quantitative estimate of drug-likeness (QED) is 0.122. The van der Waals surface area contributed by atoms with Crippen molar-refractivity contribution in [3.63, 3.8) is 0 Å². The first-order valence-corrected chi connectivity index (χ1v) is 40.8. The second kappa shape index (κ2) is 13.2. The van der Waals surface area contributed by atoms with Gasteiger partial charge in [0, 0.05) is 76.2 Å². The van der Waals surface area contributed by atoms with Crippen molar-refractivity contribution in [2.75, 3.05) is 20.7 Å². The van der Waals surface area contributed by atoms with Crippen molar-refractivity contribution in [2.45, 2.75) is 89.0 Å². The lowest BCUT2D eigenvalue weighted by Crippen LogP contribution is -2.51. The van der Waals surface area contributed by atoms with Gasteiger partial charge in [0.05, 0.1) is 40.5 Å². The van der Waals surface area contributed by atoms with Gasteiger partial charge in [0.1, 0.15) is 0 Å². The summed E-state index contributed by atoms with van der Waals surface area (Å²) < 4.78 is 5.23. The number of nitrogens with one attached hydrogen (secondary N) is 2. The van der Waals surface area contributed by atoms with Crippen molar-refractivity contribution in [3.05, 3.63) is 126 Å². The Kier molecular flexibility index (Phi) is 5.98. The zero-order chi connectivity index (χ0) is 70.2. The maximum absolute atomic E-state index is 14.2. The molecular weight excluding hydrogens is 1360 g/mol. The Morgan fingerprint density at radius 3 is 1.31 bits per heavy atom. The highest BCUT2D eigenvalue weighted by Gasteiger charge is 2.76. The van der Waals surface area contributed by atoms with Crippen molar-refractivity contribution >= 4 is 348 Å². The van der Waals surface area contributed by atoms with Crippen LogP contribution in [0.2, 0.25) is 0 Å². The number of likely N-dealkylation sites (tertiary alicyclic amines) is 1. The molecule has 8 nitrogen and oxygen atoms in total. The fourth-order valence-electron chi connectivity index (χ4n) is 33.3. The van der Waals surface area contributed by atoms with Gasteiger partial charge in [-0.25, -0.2) is 4.98 Å². The molecule has 5 aliphatic carbocycles. The van der Waals surface area contributed by atoms with Gasteiger partial charge >= 0.3 is 5.97 Å². The van der Waals surface area contributed by atoms with Crippen LogP contribution in [0.15, 0.2) is 42.5 Å². The molecule has 0 amide bonds. The molecule has 500 valence electrons. The van der Waals surface area contributed by atoms with E-state index in [-0.39, 0.29) is 47.9 Å². The van der Waals surface area contributed by atoms with Crippen molar-refractivity contribution in [2.24, 2.45) is 0 Å². The molecule has 29 aromatic carbocycles. The summed E-state index contributed by atoms with van der Waals surface area (Å²) in [4.78, 5) is 48.8. The van der Waals surface area contributed by atoms with E-state index >= 15 is 0 Å². The highest BCUT2D eigenvalue weighted by Crippen LogP contribution is 2.87. The van der Waals surface area contributed by atoms with Crippen LogP contribution in [0.25, 0.3) is 336 Å². The SMILES string of the molecule is CCC1=C(C)c2cc3[nH]c(cc4nc(c5c6[nH]c(cc1n2)c(C)c6C(=O)C5)[C@@H](CCC(=O)OC)[C@@H]4C)c(C)c3/C=C/c1ccc(C2N(C)CC34c5c6c7c8c9c%10c(c%11c%12c3c3c5c5c%13c6c6c7c7c9c9c%14c%10c%10c%11c%11c%12c%12c3c3c5c5c%13c%13c6c6c7c9c7c9c%14c%10c%10c%11c%11c%12c3c3c5c5c%13c6c7c6c9c%10c%11c3c56)C824)cc1. The van der Waals surface area contributed by atoms with Crippen LogP contribution in [0.5, 0.6) is 0 Å². The standard InChI is InChI=1S/C103H45N5O3/c1-8-28-22(2)33-19-37-29(23(3)32(105-37)18-34-24(4)30(15-16-39(110)111-7)99(106-34)31-17-38(109)40-25(5)35(107-100(31)40)20-36(28)104-33)14-11-26-9-12-27(13-10-26)101-103-97-91-85-75-63-55-47-43-41-42-45-49(47)57(63)67-61-53(45)54-46(42)50-48-44(41)52-51(43)59-65(55)73-79-69(59)70-60(52)66-56(48)64-58(50)68-62(54)72-71(61)83(77(67)85)93(97)94-84(72)78(68)86-76(64)82-74(66)80(70)88-87(79)95(89(91)81(73)75)102(103,21-108(101)6)96(88)90(82)92(86)98(94)103/h9-14,18-20,24,30,101,105,107H,8,15-17,21H2,1-7H3/b14-11+,32-18?,33-19?,34-18?,35-20?,36-20?,37-19?,99-31?/t24-,30-,101?,102?,103?/m0/s1. The molecule has 111 heavy (non-hydrogen) atoms. The molecule has 2 spiro atoms. The van der Waals surface area contributed by atoms with Crippen molar-refractivity contribution < 1.29 is 14.3 Å². The minimum atomic E-state index is -0.454. The Morgan fingerprint density at radius 1 is 0.495 bits per heavy atom. The normalized spacial score (nSPS) is 22.0. The van der Waals surface area contributed by atoms with Crippen molar-refractivity contribution in [1.82, 2.24) is 24.8 Å². The molecule has 32 aromatic rings. The zero-order valence-corrected chi connectivity index (χ0v) is 60.5. The summed E-state index contributed by atoms with van der Waals surface area (Å²) >= 11 is 0. The highest BCUT2D eigenvalue weighted by atomic mass is 16.5. The largest absolute Gasteiger partial charge is 0.469 e. The van der Waals surface area contributed by atoms with E-state index in [1.807, 2.05) is 0 Å². The molecule has 3 atom stereocenters. The van der Waals surface area contributed by atoms with Crippen LogP contribution in [0.1, 0.15) is 147 Å². The summed E-state index contributed by atoms with van der Waals surface area (Å²) in [7, 11) is 4.04. The van der Waals surface area contributed by atoms with Gasteiger partial charge < -0.3 is 14.7 Å². The molecule has 2 N–H and O–H groups in total. The molecule has 40 rings (SSSR count). The lowest BCUT2D eigenvalue weighted by atomic mass is 9.47. The van der Waals surface area contributed by atoms with Crippen LogP contribution in [0.3, 0.4) is 0 Å². The summed E-state index contributed by atoms with van der Waals surface area (Å²) in [6, 6.07) is 16.8. The van der Waals surface area contributed by atoms with E-state index in [1.165, 1.54) is 23.8 Å². The number of fused-ring (bicyclic) bond motifs is 8. The van der Waals surface area contributed by atoms with E-state index in [0.29, 0.717) is 6.42 Å². The number of aromatic amines is 2. The number of ether oxygens (including phenoxy) is 1. The average Bonchev–Trinajstić information content (AvgIpc) is 1.38. The second-order valence-corrected chi connectivity index (χ2v) is 38.0. The Hall–Kier alpha value is -12.6. The molecule has 6 heterocycles. The van der Waals surface area contributed by atoms with Gasteiger partial charge in [-0.3, -0.25) is 19.5 Å². The molecule has 0 saturated carbocycles. The number of ketones is 1. The maximum atomic E-state index is 14.2. The van der Waals surface area contributed by atoms with E-state index in [9.17, 15) is 9.59 Å². The Morgan fingerprint density at radius 2 is 0.892 bits per heavy atom. The third kappa shape index (κ3) is 3.61. The van der Waals surface area contributed by atoms with Gasteiger partial charge in [-0.1, -0.05) is 50.3 Å². The summed E-state index contributed by atoms with van der Waals surface area (Å²) in [5.74, 6) is -0.256. The number of allylic oxidation sites excluding steroid dienone is 2. The predicted octanol–water partition coefficient (Wildman–Crippen LogP) is 25.3. The number of Topliss-reactive ketones (excluding diaryl/α,β-unsaturated/α-hetero) is 1. The van der Waals surface area contributed by atoms with Crippen LogP contribution in [-0.4, -0.2) is 57.3 Å². The maximum Gasteiger partial charge on any atom is 0.305 e. The summed E-state index contributed by atoms with van der Waals surface area (Å²) in [6.07, 6.45) is 6.63. The number of methoxy groups -OCH3 is 1. The molecule has 8 aliphatic rings. The van der Waals surface area contributed by atoms with E-state index in [1.54, 1.807) is 313 Å². The molecule has 3 aromatic heterocycles. The first-order chi connectivity index (χ1) is 54.5. The number of hydrogen-bond acceptors (Lipinski definition) is 6. The molecule has 8 bridgehead atoms. The van der Waals surface area contributed by atoms with Gasteiger partial charge in [0.25, 0.3) is 0 Å². The van der Waals surface area contributed by atoms with Gasteiger partial charge in [-0.2, -0.15) is 0 Å². The average molecular weight is 1400 g/mol. The number of esters is 1. The topological polar surface area (TPSA) is 104 Å². The number of hydrogen-bond donors (Lipinski definition) is 2. The number of likely N-dealkylation sites (N-methyl/N-ethyl adjacent to an activating group) is 1. The lowest BCUT2D eigenvalue weighted by Gasteiger charge is -2.52. The Bertz CT molecular complexity index is 10000. The number of carbonyl (C=O) groups excluding carboxylic acids is 2. The second-order valence-electron chi connectivity index (χ2n) is 38.0. The third-order valence-corrected chi connectivity index (χ3v) is 35.6. The Balaban J connectivity index is 0.637. The number of rotatable bonds is 7. The first-order valence-electron chi connectivity index (χ1n) is 40.8. The van der Waals surface area contributed by atoms with Gasteiger partial charge in [0.15, 0.2) is 5.78 Å². The van der Waals surface area contributed by atoms with E-state index in [2.05, 4.69) is 111 Å². The summed E-state index contributed by atoms with van der Waals surface area (Å²) in [5.41, 5.74) is 23.3. The molecular formula is C103H45N5O3. The van der Waals surface area contributed by atoms with Gasteiger partial charge in [0.2, 0.25) is 0 Å². The predicted molar refractivity (Wildman–Crippen MR) is 458 cm³/mol. The van der Waals surface area contributed by atoms with E-state index in [4.69, 9.17) is 14.7 Å². The fourth-order valence-corrected chi connectivity index (χ4v) is 33.3. The smallest absolute Gasteiger partial charge is 0.305 e. The highest BCUT2D eigenvalue weighted by molar-refractivity contribution is 6.82. The zero-order valence-electron chi connectivity index (χ0n) is 60.5. The number of aromatic nitrogens is 4. The third-order valence-electron chi connectivity index (χ3n) is 35.6. The number of carbonyl (C=O) groups is 2. The van der Waals surface area contributed by atoms with E-state index in [0.717, 1.165) is 91.2 Å². The van der Waals surface area contributed by atoms with Crippen LogP contribution < -0.4 is 0 Å². The van der Waals surface area contributed by atoms with Crippen LogP contribution >= 0.6 is 0 Å². The Labute approximate surface area is 619 Å². The molecule has 0 radical (unpaired) electrons. The molecule has 3 aliphatic heterocycles. The number of benzene rings is 19. The van der Waals surface area contributed by atoms with E-state index < -0.39 is 5.41 Å². The van der Waals surface area contributed by atoms with Crippen molar-refractivity contribution in [1.29, 1.82) is 0 Å². The van der Waals surface area contributed by atoms with Crippen LogP contribution in [-0.2, 0) is 26.8 Å². The molecule has 1 saturated heterocycles. The summed E-state index contributed by atoms with van der Waals surface area (Å²) in [5, 5.41) is 88.4. The minimum Gasteiger partial charge on any atom is -0.469 e. The number of nitrogens with zero attached hydrogens (tertiary/aromatic N) is 3. The minimum absolute atomic E-state index is 0.0220. The molecule has 1 fully saturated rings. The summed E-state index contributed by atoms with van der Waals surface area (Å²) in [6.45, 7) is 11.9. The van der Waals surface area contributed by atoms with Gasteiger partial charge in [-0.05, 0) is 405 Å². The first kappa shape index (κ1) is 50.2. The van der Waals surface area contributed by atoms with Crippen molar-refractivity contribution in [3.8, 4) is 0 Å². The van der Waals surface area contributed by atoms with Crippen LogP contribution in [0.4, 0.5) is 0 Å². The lowest BCUT2D eigenvalue weighted by molar-refractivity contribution is -0.140. The molecule has 1 unspecified atom stereocenters. The van der Waals surface area contributed by atoms with Crippen LogP contribution in [0, 0.1) is 13.8 Å². The number of H-pyrrole nitrogens is 2. The monoisotopic (exact) mass is 1400 g/mol.